The van der Waals surface area contributed by atoms with Crippen molar-refractivity contribution < 1.29 is 4.79 Å². The van der Waals surface area contributed by atoms with Crippen LogP contribution in [0.5, 0.6) is 0 Å². The molecule has 0 unspecified atom stereocenters. The van der Waals surface area contributed by atoms with Gasteiger partial charge in [-0.15, -0.1) is 0 Å². The van der Waals surface area contributed by atoms with E-state index < -0.39 is 0 Å². The fraction of sp³-hybridized carbons (Fsp3) is 0.278. The lowest BCUT2D eigenvalue weighted by molar-refractivity contribution is 0.102. The molecule has 0 spiro atoms. The summed E-state index contributed by atoms with van der Waals surface area (Å²) in [6.45, 7) is 2.08. The average Bonchev–Trinajstić information content (AvgIpc) is 2.56. The molecule has 2 aromatic carbocycles. The maximum atomic E-state index is 12.5. The zero-order chi connectivity index (χ0) is 15.4. The zero-order valence-corrected chi connectivity index (χ0v) is 13.1. The molecular formula is C18H19ClN2O. The first-order valence-electron chi connectivity index (χ1n) is 7.65. The molecule has 0 radical (unpaired) electrons. The first kappa shape index (κ1) is 14.9. The van der Waals surface area contributed by atoms with Crippen LogP contribution < -0.4 is 10.2 Å². The molecule has 2 aromatic rings. The summed E-state index contributed by atoms with van der Waals surface area (Å²) in [5.74, 6) is -0.171. The highest BCUT2D eigenvalue weighted by Gasteiger charge is 2.16. The van der Waals surface area contributed by atoms with Gasteiger partial charge in [0.1, 0.15) is 0 Å². The summed E-state index contributed by atoms with van der Waals surface area (Å²) in [5.41, 5.74) is 2.43. The number of para-hydroxylation sites is 2. The highest BCUT2D eigenvalue weighted by Crippen LogP contribution is 2.29. The van der Waals surface area contributed by atoms with Gasteiger partial charge in [0.15, 0.2) is 0 Å². The normalized spacial score (nSPS) is 14.7. The number of anilines is 2. The number of carbonyl (C=O) groups excluding carboxylic acids is 1. The van der Waals surface area contributed by atoms with Crippen molar-refractivity contribution in [1.29, 1.82) is 0 Å². The summed E-state index contributed by atoms with van der Waals surface area (Å²) < 4.78 is 0. The molecule has 1 aliphatic rings. The molecule has 1 aliphatic heterocycles. The number of rotatable bonds is 3. The Bertz CT molecular complexity index is 666. The molecule has 114 valence electrons. The van der Waals surface area contributed by atoms with Crippen molar-refractivity contribution in [3.05, 3.63) is 59.1 Å². The standard InChI is InChI=1S/C18H19ClN2O/c19-15-9-3-2-8-14(15)18(22)20-16-10-4-5-11-17(16)21-12-6-1-7-13-21/h2-5,8-11H,1,6-7,12-13H2,(H,20,22). The van der Waals surface area contributed by atoms with Gasteiger partial charge in [-0.1, -0.05) is 35.9 Å². The largest absolute Gasteiger partial charge is 0.370 e. The fourth-order valence-corrected chi connectivity index (χ4v) is 3.05. The van der Waals surface area contributed by atoms with E-state index in [1.54, 1.807) is 12.1 Å². The number of amides is 1. The highest BCUT2D eigenvalue weighted by molar-refractivity contribution is 6.34. The van der Waals surface area contributed by atoms with Crippen molar-refractivity contribution in [2.45, 2.75) is 19.3 Å². The number of hydrogen-bond acceptors (Lipinski definition) is 2. The van der Waals surface area contributed by atoms with Gasteiger partial charge in [-0.25, -0.2) is 0 Å². The predicted molar refractivity (Wildman–Crippen MR) is 91.9 cm³/mol. The first-order valence-corrected chi connectivity index (χ1v) is 8.03. The number of carbonyl (C=O) groups is 1. The monoisotopic (exact) mass is 314 g/mol. The van der Waals surface area contributed by atoms with Crippen molar-refractivity contribution in [3.8, 4) is 0 Å². The van der Waals surface area contributed by atoms with Crippen LogP contribution in [0.15, 0.2) is 48.5 Å². The van der Waals surface area contributed by atoms with Gasteiger partial charge in [0.05, 0.1) is 22.0 Å². The maximum Gasteiger partial charge on any atom is 0.257 e. The lowest BCUT2D eigenvalue weighted by Crippen LogP contribution is -2.30. The Morgan fingerprint density at radius 2 is 1.64 bits per heavy atom. The average molecular weight is 315 g/mol. The van der Waals surface area contributed by atoms with E-state index >= 15 is 0 Å². The molecule has 22 heavy (non-hydrogen) atoms. The molecule has 4 heteroatoms. The lowest BCUT2D eigenvalue weighted by atomic mass is 10.1. The number of halogens is 1. The summed E-state index contributed by atoms with van der Waals surface area (Å²) >= 11 is 6.10. The molecule has 1 N–H and O–H groups in total. The molecule has 3 nitrogen and oxygen atoms in total. The van der Waals surface area contributed by atoms with E-state index in [1.165, 1.54) is 19.3 Å². The molecule has 0 bridgehead atoms. The SMILES string of the molecule is O=C(Nc1ccccc1N1CCCCC1)c1ccccc1Cl. The second-order valence-corrected chi connectivity index (χ2v) is 5.91. The number of nitrogens with zero attached hydrogens (tertiary/aromatic N) is 1. The molecule has 1 saturated heterocycles. The Hall–Kier alpha value is -2.00. The van der Waals surface area contributed by atoms with Gasteiger partial charge in [0, 0.05) is 13.1 Å². The van der Waals surface area contributed by atoms with Crippen LogP contribution in [0.4, 0.5) is 11.4 Å². The fourth-order valence-electron chi connectivity index (χ4n) is 2.82. The Kier molecular flexibility index (Phi) is 4.64. The molecule has 1 heterocycles. The van der Waals surface area contributed by atoms with Crippen molar-refractivity contribution in [1.82, 2.24) is 0 Å². The predicted octanol–water partition coefficient (Wildman–Crippen LogP) is 4.58. The molecule has 0 saturated carbocycles. The second-order valence-electron chi connectivity index (χ2n) is 5.50. The van der Waals surface area contributed by atoms with Gasteiger partial charge in [-0.3, -0.25) is 4.79 Å². The minimum atomic E-state index is -0.171. The van der Waals surface area contributed by atoms with E-state index in [0.717, 1.165) is 24.5 Å². The number of piperidine rings is 1. The molecule has 3 rings (SSSR count). The van der Waals surface area contributed by atoms with Gasteiger partial charge >= 0.3 is 0 Å². The van der Waals surface area contributed by atoms with Crippen LogP contribution in [0.2, 0.25) is 5.02 Å². The number of benzene rings is 2. The van der Waals surface area contributed by atoms with Crippen LogP contribution in [0.3, 0.4) is 0 Å². The van der Waals surface area contributed by atoms with E-state index in [0.29, 0.717) is 10.6 Å². The molecular weight excluding hydrogens is 296 g/mol. The van der Waals surface area contributed by atoms with E-state index in [1.807, 2.05) is 30.3 Å². The Morgan fingerprint density at radius 3 is 2.41 bits per heavy atom. The smallest absolute Gasteiger partial charge is 0.257 e. The molecule has 1 amide bonds. The number of nitrogens with one attached hydrogen (secondary N) is 1. The first-order chi connectivity index (χ1) is 10.8. The Balaban J connectivity index is 1.83. The summed E-state index contributed by atoms with van der Waals surface area (Å²) in [4.78, 5) is 14.8. The summed E-state index contributed by atoms with van der Waals surface area (Å²) in [6.07, 6.45) is 3.68. The van der Waals surface area contributed by atoms with E-state index in [4.69, 9.17) is 11.6 Å². The molecule has 1 fully saturated rings. The van der Waals surface area contributed by atoms with Gasteiger partial charge in [0.2, 0.25) is 0 Å². The van der Waals surface area contributed by atoms with Gasteiger partial charge < -0.3 is 10.2 Å². The quantitative estimate of drug-likeness (QED) is 0.899. The molecule has 0 aliphatic carbocycles. The van der Waals surface area contributed by atoms with Crippen molar-refractivity contribution in [2.24, 2.45) is 0 Å². The second kappa shape index (κ2) is 6.84. The highest BCUT2D eigenvalue weighted by atomic mass is 35.5. The van der Waals surface area contributed by atoms with Gasteiger partial charge in [-0.05, 0) is 43.5 Å². The third-order valence-corrected chi connectivity index (χ3v) is 4.30. The summed E-state index contributed by atoms with van der Waals surface area (Å²) in [5, 5.41) is 3.47. The van der Waals surface area contributed by atoms with Gasteiger partial charge in [0.25, 0.3) is 5.91 Å². The van der Waals surface area contributed by atoms with E-state index in [-0.39, 0.29) is 5.91 Å². The Morgan fingerprint density at radius 1 is 0.955 bits per heavy atom. The topological polar surface area (TPSA) is 32.3 Å². The maximum absolute atomic E-state index is 12.5. The summed E-state index contributed by atoms with van der Waals surface area (Å²) in [6, 6.07) is 15.1. The molecule has 0 atom stereocenters. The van der Waals surface area contributed by atoms with Crippen molar-refractivity contribution >= 4 is 28.9 Å². The van der Waals surface area contributed by atoms with Crippen LogP contribution in [-0.2, 0) is 0 Å². The van der Waals surface area contributed by atoms with Crippen molar-refractivity contribution in [2.75, 3.05) is 23.3 Å². The third-order valence-electron chi connectivity index (χ3n) is 3.97. The summed E-state index contributed by atoms with van der Waals surface area (Å²) in [7, 11) is 0. The van der Waals surface area contributed by atoms with Gasteiger partial charge in [-0.2, -0.15) is 0 Å². The van der Waals surface area contributed by atoms with Crippen LogP contribution in [-0.4, -0.2) is 19.0 Å². The zero-order valence-electron chi connectivity index (χ0n) is 12.4. The van der Waals surface area contributed by atoms with Crippen LogP contribution in [0.1, 0.15) is 29.6 Å². The minimum absolute atomic E-state index is 0.171. The lowest BCUT2D eigenvalue weighted by Gasteiger charge is -2.30. The Labute approximate surface area is 135 Å². The third kappa shape index (κ3) is 3.25. The minimum Gasteiger partial charge on any atom is -0.370 e. The van der Waals surface area contributed by atoms with Crippen LogP contribution >= 0.6 is 11.6 Å². The molecule has 0 aromatic heterocycles. The van der Waals surface area contributed by atoms with Crippen LogP contribution in [0, 0.1) is 0 Å². The van der Waals surface area contributed by atoms with Crippen molar-refractivity contribution in [3.63, 3.8) is 0 Å². The van der Waals surface area contributed by atoms with E-state index in [9.17, 15) is 4.79 Å². The number of hydrogen-bond donors (Lipinski definition) is 1. The van der Waals surface area contributed by atoms with Crippen LogP contribution in [0.25, 0.3) is 0 Å². The van der Waals surface area contributed by atoms with E-state index in [2.05, 4.69) is 16.3 Å².